The van der Waals surface area contributed by atoms with Crippen LogP contribution >= 0.6 is 0 Å². The van der Waals surface area contributed by atoms with Crippen molar-refractivity contribution in [3.05, 3.63) is 53.9 Å². The lowest BCUT2D eigenvalue weighted by atomic mass is 10.2. The van der Waals surface area contributed by atoms with Crippen molar-refractivity contribution in [1.82, 2.24) is 9.71 Å². The van der Waals surface area contributed by atoms with E-state index in [4.69, 9.17) is 10.5 Å². The number of carbonyl (C=O) groups is 2. The largest absolute Gasteiger partial charge is 0.497 e. The number of nitrogens with two attached hydrogens (primary N) is 1. The molecule has 0 saturated heterocycles. The zero-order chi connectivity index (χ0) is 17.0. The van der Waals surface area contributed by atoms with Crippen molar-refractivity contribution in [3.8, 4) is 5.75 Å². The van der Waals surface area contributed by atoms with Gasteiger partial charge in [-0.1, -0.05) is 0 Å². The summed E-state index contributed by atoms with van der Waals surface area (Å²) < 4.78 is 31.1. The van der Waals surface area contributed by atoms with E-state index in [1.165, 1.54) is 43.5 Å². The van der Waals surface area contributed by atoms with Crippen LogP contribution in [0.4, 0.5) is 0 Å². The number of rotatable bonds is 5. The Bertz CT molecular complexity index is 830. The smallest absolute Gasteiger partial charge is 0.267 e. The lowest BCUT2D eigenvalue weighted by molar-refractivity contribution is 0.0973. The van der Waals surface area contributed by atoms with E-state index < -0.39 is 21.8 Å². The molecule has 23 heavy (non-hydrogen) atoms. The molecule has 3 N–H and O–H groups in total. The van der Waals surface area contributed by atoms with Gasteiger partial charge in [0.25, 0.3) is 21.8 Å². The van der Waals surface area contributed by atoms with Crippen LogP contribution in [0, 0.1) is 0 Å². The third kappa shape index (κ3) is 3.83. The summed E-state index contributed by atoms with van der Waals surface area (Å²) in [6, 6.07) is 8.03. The average Bonchev–Trinajstić information content (AvgIpc) is 2.54. The fourth-order valence-electron chi connectivity index (χ4n) is 1.67. The molecule has 2 rings (SSSR count). The number of primary amides is 1. The van der Waals surface area contributed by atoms with Crippen LogP contribution < -0.4 is 15.2 Å². The molecule has 1 aromatic heterocycles. The first-order chi connectivity index (χ1) is 10.8. The second-order valence-corrected chi connectivity index (χ2v) is 6.09. The highest BCUT2D eigenvalue weighted by Gasteiger charge is 2.19. The van der Waals surface area contributed by atoms with Gasteiger partial charge in [0.2, 0.25) is 0 Å². The van der Waals surface area contributed by atoms with E-state index in [1.54, 1.807) is 0 Å². The zero-order valence-corrected chi connectivity index (χ0v) is 12.8. The molecule has 9 heteroatoms. The zero-order valence-electron chi connectivity index (χ0n) is 12.0. The Labute approximate surface area is 132 Å². The number of nitrogens with zero attached hydrogens (tertiary/aromatic N) is 1. The number of benzene rings is 1. The number of sulfonamides is 1. The molecule has 0 radical (unpaired) electrons. The van der Waals surface area contributed by atoms with Crippen LogP contribution in [0.3, 0.4) is 0 Å². The second kappa shape index (κ2) is 6.44. The Hall–Kier alpha value is -2.94. The summed E-state index contributed by atoms with van der Waals surface area (Å²) in [7, 11) is -2.58. The van der Waals surface area contributed by atoms with Crippen molar-refractivity contribution in [1.29, 1.82) is 0 Å². The van der Waals surface area contributed by atoms with Crippen LogP contribution in [-0.2, 0) is 10.0 Å². The van der Waals surface area contributed by atoms with Gasteiger partial charge in [-0.25, -0.2) is 13.1 Å². The minimum atomic E-state index is -4.03. The van der Waals surface area contributed by atoms with Crippen molar-refractivity contribution in [2.45, 2.75) is 4.90 Å². The first-order valence-corrected chi connectivity index (χ1v) is 7.79. The van der Waals surface area contributed by atoms with Gasteiger partial charge in [-0.15, -0.1) is 0 Å². The highest BCUT2D eigenvalue weighted by molar-refractivity contribution is 7.90. The minimum absolute atomic E-state index is 0.0212. The van der Waals surface area contributed by atoms with Gasteiger partial charge in [-0.3, -0.25) is 14.6 Å². The lowest BCUT2D eigenvalue weighted by Crippen LogP contribution is -2.30. The molecule has 8 nitrogen and oxygen atoms in total. The van der Waals surface area contributed by atoms with Gasteiger partial charge in [0, 0.05) is 6.20 Å². The third-order valence-corrected chi connectivity index (χ3v) is 4.22. The summed E-state index contributed by atoms with van der Waals surface area (Å²) in [5.41, 5.74) is 4.98. The fraction of sp³-hybridized carbons (Fsp3) is 0.0714. The normalized spacial score (nSPS) is 10.8. The second-order valence-electron chi connectivity index (χ2n) is 4.41. The van der Waals surface area contributed by atoms with Crippen LogP contribution in [0.5, 0.6) is 5.75 Å². The van der Waals surface area contributed by atoms with E-state index >= 15 is 0 Å². The molecule has 120 valence electrons. The summed E-state index contributed by atoms with van der Waals surface area (Å²) in [5.74, 6) is -1.13. The van der Waals surface area contributed by atoms with Gasteiger partial charge in [0.1, 0.15) is 11.4 Å². The van der Waals surface area contributed by atoms with Crippen molar-refractivity contribution in [2.75, 3.05) is 7.11 Å². The number of aromatic nitrogens is 1. The van der Waals surface area contributed by atoms with Crippen LogP contribution in [0.15, 0.2) is 47.5 Å². The molecule has 2 aromatic rings. The molecule has 0 fully saturated rings. The van der Waals surface area contributed by atoms with Gasteiger partial charge < -0.3 is 10.5 Å². The quantitative estimate of drug-likeness (QED) is 0.809. The highest BCUT2D eigenvalue weighted by atomic mass is 32.2. The minimum Gasteiger partial charge on any atom is -0.497 e. The molecule has 0 saturated carbocycles. The Kier molecular flexibility index (Phi) is 4.60. The lowest BCUT2D eigenvalue weighted by Gasteiger charge is -2.07. The van der Waals surface area contributed by atoms with Crippen molar-refractivity contribution < 1.29 is 22.7 Å². The molecule has 1 heterocycles. The van der Waals surface area contributed by atoms with Crippen LogP contribution in [0.1, 0.15) is 20.8 Å². The molecule has 2 amide bonds. The summed E-state index contributed by atoms with van der Waals surface area (Å²) in [6.07, 6.45) is 1.07. The van der Waals surface area contributed by atoms with Crippen molar-refractivity contribution in [3.63, 3.8) is 0 Å². The number of ether oxygens (including phenoxy) is 1. The molecular formula is C14H13N3O5S. The van der Waals surface area contributed by atoms with Gasteiger partial charge >= 0.3 is 0 Å². The molecule has 0 aliphatic heterocycles. The highest BCUT2D eigenvalue weighted by Crippen LogP contribution is 2.15. The van der Waals surface area contributed by atoms with Crippen molar-refractivity contribution in [2.24, 2.45) is 5.73 Å². The maximum atomic E-state index is 12.1. The SMILES string of the molecule is COc1ccc(S(=O)(=O)NC(=O)c2ccc(C(N)=O)nc2)cc1. The van der Waals surface area contributed by atoms with E-state index in [9.17, 15) is 18.0 Å². The molecule has 0 aliphatic carbocycles. The number of nitrogens with one attached hydrogen (secondary N) is 1. The van der Waals surface area contributed by atoms with Crippen LogP contribution in [0.2, 0.25) is 0 Å². The van der Waals surface area contributed by atoms with Gasteiger partial charge in [0.15, 0.2) is 0 Å². The van der Waals surface area contributed by atoms with E-state index in [2.05, 4.69) is 4.98 Å². The summed E-state index contributed by atoms with van der Waals surface area (Å²) in [5, 5.41) is 0. The Balaban J connectivity index is 2.18. The Morgan fingerprint density at radius 1 is 1.13 bits per heavy atom. The predicted octanol–water partition coefficient (Wildman–Crippen LogP) is 0.308. The van der Waals surface area contributed by atoms with E-state index in [0.29, 0.717) is 5.75 Å². The number of hydrogen-bond donors (Lipinski definition) is 2. The average molecular weight is 335 g/mol. The molecule has 0 aliphatic rings. The monoisotopic (exact) mass is 335 g/mol. The van der Waals surface area contributed by atoms with Gasteiger partial charge in [0.05, 0.1) is 17.6 Å². The maximum absolute atomic E-state index is 12.1. The maximum Gasteiger partial charge on any atom is 0.267 e. The Morgan fingerprint density at radius 3 is 2.26 bits per heavy atom. The van der Waals surface area contributed by atoms with Crippen molar-refractivity contribution >= 4 is 21.8 Å². The summed E-state index contributed by atoms with van der Waals surface area (Å²) in [6.45, 7) is 0. The number of methoxy groups -OCH3 is 1. The standard InChI is InChI=1S/C14H13N3O5S/c1-22-10-3-5-11(6-4-10)23(20,21)17-14(19)9-2-7-12(13(15)18)16-8-9/h2-8H,1H3,(H2,15,18)(H,17,19). The summed E-state index contributed by atoms with van der Waals surface area (Å²) >= 11 is 0. The van der Waals surface area contributed by atoms with Crippen LogP contribution in [0.25, 0.3) is 0 Å². The third-order valence-electron chi connectivity index (χ3n) is 2.87. The molecule has 1 aromatic carbocycles. The topological polar surface area (TPSA) is 128 Å². The summed E-state index contributed by atoms with van der Waals surface area (Å²) in [4.78, 5) is 26.5. The number of pyridine rings is 1. The molecular weight excluding hydrogens is 322 g/mol. The molecule has 0 bridgehead atoms. The van der Waals surface area contributed by atoms with Gasteiger partial charge in [-0.05, 0) is 36.4 Å². The first kappa shape index (κ1) is 16.4. The van der Waals surface area contributed by atoms with Crippen LogP contribution in [-0.4, -0.2) is 32.3 Å². The fourth-order valence-corrected chi connectivity index (χ4v) is 2.64. The van der Waals surface area contributed by atoms with E-state index in [-0.39, 0.29) is 16.2 Å². The number of hydrogen-bond acceptors (Lipinski definition) is 6. The molecule has 0 spiro atoms. The number of carbonyl (C=O) groups excluding carboxylic acids is 2. The predicted molar refractivity (Wildman–Crippen MR) is 80.4 cm³/mol. The number of amides is 2. The van der Waals surface area contributed by atoms with E-state index in [1.807, 2.05) is 4.72 Å². The first-order valence-electron chi connectivity index (χ1n) is 6.30. The molecule has 0 atom stereocenters. The molecule has 0 unspecified atom stereocenters. The Morgan fingerprint density at radius 2 is 1.78 bits per heavy atom. The van der Waals surface area contributed by atoms with E-state index in [0.717, 1.165) is 6.20 Å². The van der Waals surface area contributed by atoms with Gasteiger partial charge in [-0.2, -0.15) is 0 Å².